The van der Waals surface area contributed by atoms with Gasteiger partial charge in [0.2, 0.25) is 0 Å². The summed E-state index contributed by atoms with van der Waals surface area (Å²) in [5, 5.41) is 0.358. The molecule has 0 atom stereocenters. The lowest BCUT2D eigenvalue weighted by Crippen LogP contribution is -2.35. The number of nitrogens with one attached hydrogen (secondary N) is 1. The molecule has 0 saturated carbocycles. The molecule has 0 saturated heterocycles. The van der Waals surface area contributed by atoms with Gasteiger partial charge in [-0.3, -0.25) is 15.0 Å². The summed E-state index contributed by atoms with van der Waals surface area (Å²) in [5.41, 5.74) is 3.16. The lowest BCUT2D eigenvalue weighted by molar-refractivity contribution is 0.0980. The Morgan fingerprint density at radius 2 is 1.77 bits per heavy atom. The number of para-hydroxylation sites is 1. The first-order valence-corrected chi connectivity index (χ1v) is 9.61. The van der Waals surface area contributed by atoms with Crippen molar-refractivity contribution in [2.24, 2.45) is 0 Å². The van der Waals surface area contributed by atoms with Crippen molar-refractivity contribution >= 4 is 32.7 Å². The monoisotopic (exact) mass is 469 g/mol. The van der Waals surface area contributed by atoms with Crippen LogP contribution in [0.2, 0.25) is 0 Å². The molecule has 4 aromatic rings. The Balaban J connectivity index is 1.93. The van der Waals surface area contributed by atoms with Crippen molar-refractivity contribution in [1.29, 1.82) is 0 Å². The van der Waals surface area contributed by atoms with E-state index in [1.165, 1.54) is 20.3 Å². The molecule has 30 heavy (non-hydrogen) atoms. The minimum absolute atomic E-state index is 0.0381. The number of halogens is 1. The molecule has 1 amide bonds. The van der Waals surface area contributed by atoms with E-state index in [0.717, 1.165) is 4.68 Å². The average Bonchev–Trinajstić information content (AvgIpc) is 3.21. The number of amides is 1. The molecule has 4 rings (SSSR count). The zero-order chi connectivity index (χ0) is 21.3. The fourth-order valence-corrected chi connectivity index (χ4v) is 3.27. The SMILES string of the molecule is COc1cc(OC)cc(-c2nc3ccccc3c(=O)n2NC(=O)c2ccc(Br)o2)c1. The van der Waals surface area contributed by atoms with Gasteiger partial charge < -0.3 is 13.9 Å². The number of carbonyl (C=O) groups excluding carboxylic acids is 1. The van der Waals surface area contributed by atoms with E-state index in [9.17, 15) is 9.59 Å². The summed E-state index contributed by atoms with van der Waals surface area (Å²) in [5.74, 6) is 0.682. The van der Waals surface area contributed by atoms with Gasteiger partial charge in [0.05, 0.1) is 25.1 Å². The molecule has 1 N–H and O–H groups in total. The predicted octanol–water partition coefficient (Wildman–Crippen LogP) is 3.82. The van der Waals surface area contributed by atoms with E-state index >= 15 is 0 Å². The molecule has 152 valence electrons. The minimum Gasteiger partial charge on any atom is -0.497 e. The van der Waals surface area contributed by atoms with Gasteiger partial charge >= 0.3 is 5.91 Å². The third-order valence-corrected chi connectivity index (χ3v) is 4.82. The van der Waals surface area contributed by atoms with E-state index in [-0.39, 0.29) is 11.6 Å². The maximum Gasteiger partial charge on any atom is 0.305 e. The molecule has 0 bridgehead atoms. The highest BCUT2D eigenvalue weighted by molar-refractivity contribution is 9.10. The Labute approximate surface area is 179 Å². The van der Waals surface area contributed by atoms with Gasteiger partial charge in [0.25, 0.3) is 5.56 Å². The van der Waals surface area contributed by atoms with Crippen LogP contribution in [-0.2, 0) is 0 Å². The van der Waals surface area contributed by atoms with Gasteiger partial charge in [0, 0.05) is 11.6 Å². The number of aromatic nitrogens is 2. The van der Waals surface area contributed by atoms with Crippen LogP contribution in [0.1, 0.15) is 10.6 Å². The van der Waals surface area contributed by atoms with Crippen LogP contribution in [0.15, 0.2) is 68.5 Å². The quantitative estimate of drug-likeness (QED) is 0.477. The lowest BCUT2D eigenvalue weighted by Gasteiger charge is -2.15. The summed E-state index contributed by atoms with van der Waals surface area (Å²) in [7, 11) is 3.05. The Bertz CT molecular complexity index is 1290. The highest BCUT2D eigenvalue weighted by Crippen LogP contribution is 2.29. The highest BCUT2D eigenvalue weighted by atomic mass is 79.9. The maximum absolute atomic E-state index is 13.2. The number of rotatable bonds is 5. The van der Waals surface area contributed by atoms with Gasteiger partial charge in [-0.05, 0) is 52.3 Å². The summed E-state index contributed by atoms with van der Waals surface area (Å²) in [6.45, 7) is 0. The number of hydrogen-bond donors (Lipinski definition) is 1. The largest absolute Gasteiger partial charge is 0.497 e. The fourth-order valence-electron chi connectivity index (χ4n) is 2.96. The lowest BCUT2D eigenvalue weighted by atomic mass is 10.1. The summed E-state index contributed by atoms with van der Waals surface area (Å²) in [6.07, 6.45) is 0. The second kappa shape index (κ2) is 8.03. The first-order valence-electron chi connectivity index (χ1n) is 8.82. The van der Waals surface area contributed by atoms with Crippen molar-refractivity contribution in [3.05, 3.63) is 75.4 Å². The van der Waals surface area contributed by atoms with Crippen LogP contribution in [0.4, 0.5) is 0 Å². The van der Waals surface area contributed by atoms with Crippen LogP contribution in [0.25, 0.3) is 22.3 Å². The van der Waals surface area contributed by atoms with Crippen LogP contribution in [-0.4, -0.2) is 29.8 Å². The maximum atomic E-state index is 13.2. The Hall–Kier alpha value is -3.59. The third kappa shape index (κ3) is 3.67. The average molecular weight is 470 g/mol. The first kappa shape index (κ1) is 19.7. The van der Waals surface area contributed by atoms with Crippen LogP contribution in [0.3, 0.4) is 0 Å². The van der Waals surface area contributed by atoms with Crippen LogP contribution in [0.5, 0.6) is 11.5 Å². The first-order chi connectivity index (χ1) is 14.5. The number of hydrogen-bond acceptors (Lipinski definition) is 6. The molecule has 2 aromatic heterocycles. The normalized spacial score (nSPS) is 10.8. The molecule has 0 spiro atoms. The zero-order valence-electron chi connectivity index (χ0n) is 16.0. The fraction of sp³-hybridized carbons (Fsp3) is 0.0952. The van der Waals surface area contributed by atoms with Crippen molar-refractivity contribution in [3.8, 4) is 22.9 Å². The molecule has 9 heteroatoms. The molecule has 2 aromatic carbocycles. The van der Waals surface area contributed by atoms with Gasteiger partial charge in [-0.2, -0.15) is 4.68 Å². The molecule has 0 radical (unpaired) electrons. The number of methoxy groups -OCH3 is 2. The second-order valence-corrected chi connectivity index (χ2v) is 7.02. The molecule has 0 aliphatic rings. The highest BCUT2D eigenvalue weighted by Gasteiger charge is 2.19. The van der Waals surface area contributed by atoms with E-state index in [2.05, 4.69) is 26.3 Å². The molecule has 0 unspecified atom stereocenters. The van der Waals surface area contributed by atoms with E-state index in [0.29, 0.717) is 32.6 Å². The van der Waals surface area contributed by atoms with E-state index in [1.807, 2.05) is 0 Å². The number of carbonyl (C=O) groups is 1. The smallest absolute Gasteiger partial charge is 0.305 e. The summed E-state index contributed by atoms with van der Waals surface area (Å²) < 4.78 is 17.4. The van der Waals surface area contributed by atoms with Crippen molar-refractivity contribution in [3.63, 3.8) is 0 Å². The van der Waals surface area contributed by atoms with Gasteiger partial charge in [-0.15, -0.1) is 0 Å². The van der Waals surface area contributed by atoms with Gasteiger partial charge in [-0.25, -0.2) is 4.98 Å². The Morgan fingerprint density at radius 1 is 1.07 bits per heavy atom. The number of benzene rings is 2. The molecule has 8 nitrogen and oxygen atoms in total. The number of nitrogens with zero attached hydrogens (tertiary/aromatic N) is 2. The number of ether oxygens (including phenoxy) is 2. The second-order valence-electron chi connectivity index (χ2n) is 6.24. The van der Waals surface area contributed by atoms with Crippen molar-refractivity contribution in [2.45, 2.75) is 0 Å². The van der Waals surface area contributed by atoms with Gasteiger partial charge in [0.15, 0.2) is 16.3 Å². The van der Waals surface area contributed by atoms with Crippen LogP contribution >= 0.6 is 15.9 Å². The topological polar surface area (TPSA) is 95.6 Å². The summed E-state index contributed by atoms with van der Waals surface area (Å²) >= 11 is 3.16. The Morgan fingerprint density at radius 3 is 2.40 bits per heavy atom. The predicted molar refractivity (Wildman–Crippen MR) is 115 cm³/mol. The van der Waals surface area contributed by atoms with Crippen molar-refractivity contribution in [2.75, 3.05) is 19.6 Å². The minimum atomic E-state index is -0.601. The molecular formula is C21H16BrN3O5. The zero-order valence-corrected chi connectivity index (χ0v) is 17.6. The molecular weight excluding hydrogens is 454 g/mol. The summed E-state index contributed by atoms with van der Waals surface area (Å²) in [6, 6.07) is 15.1. The molecule has 0 fully saturated rings. The standard InChI is InChI=1S/C21H16BrN3O5/c1-28-13-9-12(10-14(11-13)29-2)19-23-16-6-4-3-5-15(16)21(27)25(19)24-20(26)17-7-8-18(22)30-17/h3-11H,1-2H3,(H,24,26). The van der Waals surface area contributed by atoms with Crippen molar-refractivity contribution in [1.82, 2.24) is 9.66 Å². The molecule has 0 aliphatic carbocycles. The summed E-state index contributed by atoms with van der Waals surface area (Å²) in [4.78, 5) is 30.5. The van der Waals surface area contributed by atoms with E-state index in [4.69, 9.17) is 13.9 Å². The third-order valence-electron chi connectivity index (χ3n) is 4.40. The van der Waals surface area contributed by atoms with E-state index < -0.39 is 11.5 Å². The van der Waals surface area contributed by atoms with Gasteiger partial charge in [-0.1, -0.05) is 12.1 Å². The van der Waals surface area contributed by atoms with Crippen LogP contribution in [0, 0.1) is 0 Å². The Kier molecular flexibility index (Phi) is 5.28. The molecule has 0 aliphatic heterocycles. The van der Waals surface area contributed by atoms with Gasteiger partial charge in [0.1, 0.15) is 11.5 Å². The number of furan rings is 1. The van der Waals surface area contributed by atoms with Crippen LogP contribution < -0.4 is 20.5 Å². The van der Waals surface area contributed by atoms with E-state index in [1.54, 1.807) is 48.5 Å². The molecule has 2 heterocycles. The van der Waals surface area contributed by atoms with Crippen molar-refractivity contribution < 1.29 is 18.7 Å². The number of fused-ring (bicyclic) bond motifs is 1.